The first kappa shape index (κ1) is 105. The number of fused-ring (bicyclic) bond motifs is 5. The van der Waals surface area contributed by atoms with E-state index < -0.39 is 58.7 Å². The van der Waals surface area contributed by atoms with Gasteiger partial charge in [-0.15, -0.1) is 51.0 Å². The molecule has 0 spiro atoms. The normalized spacial score (nSPS) is 16.5. The molecular formula is C102H103F15N22O8. The Labute approximate surface area is 831 Å². The molecule has 1 N–H and O–H groups in total. The van der Waals surface area contributed by atoms with E-state index in [4.69, 9.17) is 0 Å². The molecular weight excluding hydrogens is 1950 g/mol. The number of rotatable bonds is 14. The molecule has 7 aliphatic rings. The Morgan fingerprint density at radius 2 is 0.639 bits per heavy atom. The number of piperidine rings is 5. The zero-order valence-corrected chi connectivity index (χ0v) is 80.3. The van der Waals surface area contributed by atoms with Crippen molar-refractivity contribution in [2.24, 2.45) is 0 Å². The number of ketones is 2. The molecule has 5 saturated heterocycles. The first-order chi connectivity index (χ1) is 70.0. The van der Waals surface area contributed by atoms with E-state index >= 15 is 0 Å². The largest absolute Gasteiger partial charge is 0.416 e. The highest BCUT2D eigenvalue weighted by Crippen LogP contribution is 2.46. The van der Waals surface area contributed by atoms with Crippen LogP contribution < -0.4 is 5.32 Å². The van der Waals surface area contributed by atoms with E-state index in [2.05, 4.69) is 56.3 Å². The molecule has 6 amide bonds. The van der Waals surface area contributed by atoms with Gasteiger partial charge >= 0.3 is 30.9 Å². The van der Waals surface area contributed by atoms with Gasteiger partial charge in [0.2, 0.25) is 35.0 Å². The number of aryl methyl sites for hydroxylation is 1. The lowest BCUT2D eigenvalue weighted by molar-refractivity contribution is -0.139. The maximum absolute atomic E-state index is 13.4. The third-order valence-electron chi connectivity index (χ3n) is 27.8. The summed E-state index contributed by atoms with van der Waals surface area (Å²) in [6.45, 7) is 9.21. The van der Waals surface area contributed by atoms with Crippen molar-refractivity contribution in [2.75, 3.05) is 86.1 Å². The van der Waals surface area contributed by atoms with Crippen molar-refractivity contribution >= 4 is 64.0 Å². The minimum absolute atomic E-state index is 0.0727. The van der Waals surface area contributed by atoms with Crippen molar-refractivity contribution in [3.8, 4) is 0 Å². The van der Waals surface area contributed by atoms with E-state index in [1.807, 2.05) is 9.13 Å². The van der Waals surface area contributed by atoms with Crippen molar-refractivity contribution < 1.29 is 104 Å². The van der Waals surface area contributed by atoms with E-state index in [1.54, 1.807) is 134 Å². The van der Waals surface area contributed by atoms with Crippen LogP contribution in [0.1, 0.15) is 267 Å². The Morgan fingerprint density at radius 1 is 0.327 bits per heavy atom. The predicted octanol–water partition coefficient (Wildman–Crippen LogP) is 17.4. The summed E-state index contributed by atoms with van der Waals surface area (Å²) in [6, 6.07) is 38.2. The molecule has 0 atom stereocenters. The van der Waals surface area contributed by atoms with Crippen LogP contribution in [0.15, 0.2) is 176 Å². The molecule has 0 saturated carbocycles. The molecule has 0 aliphatic carbocycles. The molecule has 5 fully saturated rings. The van der Waals surface area contributed by atoms with Gasteiger partial charge in [0.05, 0.1) is 40.8 Å². The smallest absolute Gasteiger partial charge is 0.349 e. The number of aromatic nitrogens is 15. The number of nitrogens with one attached hydrogen (secondary N) is 1. The first-order valence-corrected chi connectivity index (χ1v) is 48.1. The summed E-state index contributed by atoms with van der Waals surface area (Å²) < 4.78 is 208. The molecule has 5 aromatic carbocycles. The Bertz CT molecular complexity index is 6840. The van der Waals surface area contributed by atoms with E-state index in [-0.39, 0.29) is 117 Å². The average Bonchev–Trinajstić information content (AvgIpc) is 1.66. The molecule has 0 unspecified atom stereocenters. The van der Waals surface area contributed by atoms with Crippen LogP contribution in [-0.2, 0) is 68.2 Å². The van der Waals surface area contributed by atoms with Gasteiger partial charge in [-0.05, 0) is 215 Å². The minimum Gasteiger partial charge on any atom is -0.349 e. The minimum atomic E-state index is -4.41. The number of alkyl halides is 15. The van der Waals surface area contributed by atoms with Crippen molar-refractivity contribution in [2.45, 2.75) is 184 Å². The molecule has 13 aromatic rings. The predicted molar refractivity (Wildman–Crippen MR) is 503 cm³/mol. The zero-order chi connectivity index (χ0) is 105. The van der Waals surface area contributed by atoms with Gasteiger partial charge in [0.15, 0.2) is 28.5 Å². The Kier molecular flexibility index (Phi) is 31.7. The molecule has 30 nitrogen and oxygen atoms in total. The van der Waals surface area contributed by atoms with E-state index in [0.717, 1.165) is 79.9 Å². The molecule has 7 aliphatic heterocycles. The lowest BCUT2D eigenvalue weighted by Gasteiger charge is -2.33. The second-order valence-corrected chi connectivity index (χ2v) is 37.3. The second-order valence-electron chi connectivity index (χ2n) is 37.3. The molecule has 15 heterocycles. The highest BCUT2D eigenvalue weighted by molar-refractivity contribution is 5.97. The summed E-state index contributed by atoms with van der Waals surface area (Å²) in [5.41, 5.74) is 1.43. The average molecular weight is 2050 g/mol. The van der Waals surface area contributed by atoms with Crippen molar-refractivity contribution in [1.82, 2.24) is 108 Å². The molecule has 0 radical (unpaired) electrons. The molecule has 147 heavy (non-hydrogen) atoms. The zero-order valence-electron chi connectivity index (χ0n) is 80.3. The molecule has 8 aromatic heterocycles. The third kappa shape index (κ3) is 24.0. The van der Waals surface area contributed by atoms with Gasteiger partial charge in [0.25, 0.3) is 29.5 Å². The summed E-state index contributed by atoms with van der Waals surface area (Å²) in [4.78, 5) is 109. The third-order valence-corrected chi connectivity index (χ3v) is 27.8. The van der Waals surface area contributed by atoms with Crippen LogP contribution in [0.2, 0.25) is 0 Å². The van der Waals surface area contributed by atoms with Gasteiger partial charge in [-0.2, -0.15) is 65.9 Å². The summed E-state index contributed by atoms with van der Waals surface area (Å²) in [7, 11) is 3.34. The number of pyridine rings is 3. The number of hydrogen-bond donors (Lipinski definition) is 1. The van der Waals surface area contributed by atoms with Crippen molar-refractivity contribution in [1.29, 1.82) is 0 Å². The highest BCUT2D eigenvalue weighted by Gasteiger charge is 2.44. The van der Waals surface area contributed by atoms with Crippen LogP contribution >= 0.6 is 0 Å². The Hall–Kier alpha value is -14.7. The Balaban J connectivity index is 0.000000131. The van der Waals surface area contributed by atoms with Crippen molar-refractivity contribution in [3.05, 3.63) is 289 Å². The number of Topliss-reactive ketones (excluding diaryl/α,β-unsaturated/α-hetero) is 2. The van der Waals surface area contributed by atoms with E-state index in [9.17, 15) is 104 Å². The van der Waals surface area contributed by atoms with Crippen LogP contribution in [-0.4, -0.2) is 236 Å². The number of halogens is 15. The quantitative estimate of drug-likeness (QED) is 0.0781. The fourth-order valence-corrected chi connectivity index (χ4v) is 20.0. The van der Waals surface area contributed by atoms with Gasteiger partial charge < -0.3 is 43.9 Å². The van der Waals surface area contributed by atoms with Crippen LogP contribution in [0, 0.1) is 0 Å². The number of carbonyl (C=O) groups is 8. The van der Waals surface area contributed by atoms with Crippen LogP contribution in [0.4, 0.5) is 65.9 Å². The van der Waals surface area contributed by atoms with E-state index in [0.29, 0.717) is 194 Å². The first-order valence-electron chi connectivity index (χ1n) is 48.1. The maximum atomic E-state index is 13.4. The van der Waals surface area contributed by atoms with Gasteiger partial charge in [0.1, 0.15) is 11.6 Å². The second kappa shape index (κ2) is 44.3. The van der Waals surface area contributed by atoms with Gasteiger partial charge in [-0.25, -0.2) is 0 Å². The topological polar surface area (TPSA) is 320 Å². The number of hydrogen-bond acceptors (Lipinski definition) is 19. The van der Waals surface area contributed by atoms with Crippen molar-refractivity contribution in [3.63, 3.8) is 0 Å². The standard InChI is InChI=1S/C23H24F3N5O2.2C21H19F3N4O2.C19H21F3N4O.C18H20F3N5O/c1-29(2)20(32)13-15-7-8-19-27-28-21(31(19)14-15)22(33)30-11-9-16(10-12-30)17-5-3-4-6-18(17)23(24,25)26;1-13(29)15-8-11-28-18(12-15)25-26-19(28)20(30)27-9-6-14(7-10-27)16-4-2-3-5-17(16)21(22,23)24;1-13(29)15-6-7-18-25-26-19(28(18)12-15)20(30)27-10-8-14(9-11-27)16-4-2-3-5-17(16)21(22,23)24;20-19(21,22)15-6-2-1-5-14(15)13-8-11-25(12-9-13)18(27)17-24-23-16-7-3-4-10-26(16)17;19-18(20,21)14-4-2-1-3-13(14)12-5-8-25(9-6-12)17(27)16-24-23-15-11-22-7-10-26(15)16/h3-8,14,16H,9-13H2,1-2H3;2-5,8,11-12,14H,6-7,9-10H2,1H3;2-7,12,14H,8-11H2,1H3;1-2,5-6,13H,3-4,7-12H2;1-4,12,22H,5-11H2. The SMILES string of the molecule is CC(=O)c1ccc2nnc(C(=O)N3CCC(c4ccccc4C(F)(F)F)CC3)n2c1.CC(=O)c1ccn2c(C(=O)N3CCC(c4ccccc4C(F)(F)F)CC3)nnc2c1.CN(C)C(=O)Cc1ccc2nnc(C(=O)N3CCC(c4ccccc4C(F)(F)F)CC3)n2c1.O=C(c1nnc2n1CCCC2)N1CCC(c2ccccc2C(F)(F)F)CC1.O=C(c1nnc2n1CCNC2)N1CCC(c2ccccc2C(F)(F)F)CC1. The highest BCUT2D eigenvalue weighted by atomic mass is 19.4. The van der Waals surface area contributed by atoms with E-state index in [1.165, 1.54) is 82.3 Å². The molecule has 20 rings (SSSR count). The fourth-order valence-electron chi connectivity index (χ4n) is 20.0. The number of nitrogens with zero attached hydrogens (tertiary/aromatic N) is 21. The summed E-state index contributed by atoms with van der Waals surface area (Å²) in [6.07, 6.45) is -9.49. The molecule has 0 bridgehead atoms. The van der Waals surface area contributed by atoms with Crippen LogP contribution in [0.3, 0.4) is 0 Å². The molecule has 774 valence electrons. The van der Waals surface area contributed by atoms with Crippen LogP contribution in [0.5, 0.6) is 0 Å². The van der Waals surface area contributed by atoms with Crippen LogP contribution in [0.25, 0.3) is 16.9 Å². The number of amides is 6. The lowest BCUT2D eigenvalue weighted by atomic mass is 9.86. The summed E-state index contributed by atoms with van der Waals surface area (Å²) in [5.74, 6) is -0.339. The number of likely N-dealkylation sites (tertiary alicyclic amines) is 5. The fraction of sp³-hybridized carbons (Fsp3) is 0.412. The molecule has 45 heteroatoms. The number of benzene rings is 5. The van der Waals surface area contributed by atoms with Gasteiger partial charge in [0, 0.05) is 135 Å². The van der Waals surface area contributed by atoms with Gasteiger partial charge in [-0.3, -0.25) is 51.6 Å². The number of likely N-dealkylation sites (N-methyl/N-ethyl adjacent to an activating group) is 1. The maximum Gasteiger partial charge on any atom is 0.416 e. The Morgan fingerprint density at radius 3 is 0.993 bits per heavy atom. The summed E-state index contributed by atoms with van der Waals surface area (Å²) in [5, 5.41) is 43.3. The van der Waals surface area contributed by atoms with Gasteiger partial charge in [-0.1, -0.05) is 97.1 Å². The summed E-state index contributed by atoms with van der Waals surface area (Å²) >= 11 is 0. The monoisotopic (exact) mass is 2050 g/mol. The lowest BCUT2D eigenvalue weighted by Crippen LogP contribution is -2.40. The number of carbonyl (C=O) groups excluding carboxylic acids is 8.